The molecule has 0 atom stereocenters. The van der Waals surface area contributed by atoms with Crippen LogP contribution in [0.25, 0.3) is 0 Å². The third-order valence-electron chi connectivity index (χ3n) is 2.55. The lowest BCUT2D eigenvalue weighted by molar-refractivity contribution is -0.118. The smallest absolute Gasteiger partial charge is 0.137 e. The summed E-state index contributed by atoms with van der Waals surface area (Å²) in [5.41, 5.74) is 1.05. The predicted octanol–water partition coefficient (Wildman–Crippen LogP) is 4.28. The number of Topliss-reactive ketones (excluding diaryl/α,β-unsaturated/α-hetero) is 1. The number of hydrogen-bond acceptors (Lipinski definition) is 1. The fourth-order valence-corrected chi connectivity index (χ4v) is 1.75. The van der Waals surface area contributed by atoms with Gasteiger partial charge < -0.3 is 0 Å². The van der Waals surface area contributed by atoms with Gasteiger partial charge in [-0.2, -0.15) is 0 Å². The molecule has 0 radical (unpaired) electrons. The SMILES string of the molecule is CC(C)CCCC(=O)Cc1ccc(Cl)cc1. The minimum absolute atomic E-state index is 0.322. The second-order valence-corrected chi connectivity index (χ2v) is 5.06. The molecular weight excluding hydrogens is 220 g/mol. The van der Waals surface area contributed by atoms with Gasteiger partial charge >= 0.3 is 0 Å². The molecule has 1 aromatic carbocycles. The minimum atomic E-state index is 0.322. The van der Waals surface area contributed by atoms with Crippen molar-refractivity contribution in [2.24, 2.45) is 5.92 Å². The van der Waals surface area contributed by atoms with Crippen molar-refractivity contribution >= 4 is 17.4 Å². The lowest BCUT2D eigenvalue weighted by atomic mass is 10.0. The molecule has 0 aliphatic carbocycles. The van der Waals surface area contributed by atoms with E-state index in [-0.39, 0.29) is 0 Å². The van der Waals surface area contributed by atoms with Crippen molar-refractivity contribution in [3.8, 4) is 0 Å². The fourth-order valence-electron chi connectivity index (χ4n) is 1.63. The van der Waals surface area contributed by atoms with E-state index >= 15 is 0 Å². The van der Waals surface area contributed by atoms with E-state index in [1.54, 1.807) is 0 Å². The highest BCUT2D eigenvalue weighted by Crippen LogP contribution is 2.12. The van der Waals surface area contributed by atoms with Crippen molar-refractivity contribution in [1.82, 2.24) is 0 Å². The Hall–Kier alpha value is -0.820. The van der Waals surface area contributed by atoms with Crippen LogP contribution in [-0.4, -0.2) is 5.78 Å². The maximum Gasteiger partial charge on any atom is 0.137 e. The Morgan fingerprint density at radius 1 is 1.25 bits per heavy atom. The predicted molar refractivity (Wildman–Crippen MR) is 68.9 cm³/mol. The normalized spacial score (nSPS) is 10.8. The van der Waals surface area contributed by atoms with Gasteiger partial charge in [-0.25, -0.2) is 0 Å². The molecule has 0 amide bonds. The highest BCUT2D eigenvalue weighted by molar-refractivity contribution is 6.30. The molecule has 0 aliphatic rings. The van der Waals surface area contributed by atoms with E-state index in [9.17, 15) is 4.79 Å². The van der Waals surface area contributed by atoms with Crippen LogP contribution in [0.2, 0.25) is 5.02 Å². The van der Waals surface area contributed by atoms with Gasteiger partial charge in [0.15, 0.2) is 0 Å². The number of benzene rings is 1. The van der Waals surface area contributed by atoms with Crippen molar-refractivity contribution in [3.63, 3.8) is 0 Å². The fraction of sp³-hybridized carbons (Fsp3) is 0.500. The molecule has 0 aliphatic heterocycles. The summed E-state index contributed by atoms with van der Waals surface area (Å²) in [6.45, 7) is 4.37. The zero-order valence-corrected chi connectivity index (χ0v) is 10.8. The Labute approximate surface area is 103 Å². The first-order valence-corrected chi connectivity index (χ1v) is 6.22. The molecular formula is C14H19ClO. The molecule has 16 heavy (non-hydrogen) atoms. The van der Waals surface area contributed by atoms with Gasteiger partial charge in [0.1, 0.15) is 5.78 Å². The van der Waals surface area contributed by atoms with Crippen LogP contribution in [0.3, 0.4) is 0 Å². The van der Waals surface area contributed by atoms with Crippen molar-refractivity contribution < 1.29 is 4.79 Å². The van der Waals surface area contributed by atoms with Crippen LogP contribution in [0.15, 0.2) is 24.3 Å². The first-order valence-electron chi connectivity index (χ1n) is 5.84. The summed E-state index contributed by atoms with van der Waals surface area (Å²) in [4.78, 5) is 11.6. The first kappa shape index (κ1) is 13.2. The number of ketones is 1. The van der Waals surface area contributed by atoms with E-state index in [2.05, 4.69) is 13.8 Å². The van der Waals surface area contributed by atoms with E-state index < -0.39 is 0 Å². The van der Waals surface area contributed by atoms with E-state index in [4.69, 9.17) is 11.6 Å². The summed E-state index contributed by atoms with van der Waals surface area (Å²) in [7, 11) is 0. The molecule has 0 fully saturated rings. The summed E-state index contributed by atoms with van der Waals surface area (Å²) in [5, 5.41) is 0.719. The third kappa shape index (κ3) is 5.32. The van der Waals surface area contributed by atoms with Gasteiger partial charge in [-0.05, 0) is 30.0 Å². The van der Waals surface area contributed by atoms with Gasteiger partial charge in [0.2, 0.25) is 0 Å². The van der Waals surface area contributed by atoms with Crippen LogP contribution in [0.1, 0.15) is 38.7 Å². The van der Waals surface area contributed by atoms with Crippen molar-refractivity contribution in [1.29, 1.82) is 0 Å². The van der Waals surface area contributed by atoms with E-state index in [0.29, 0.717) is 24.5 Å². The van der Waals surface area contributed by atoms with E-state index in [0.717, 1.165) is 23.4 Å². The summed E-state index contributed by atoms with van der Waals surface area (Å²) in [5.74, 6) is 1.01. The average molecular weight is 239 g/mol. The zero-order chi connectivity index (χ0) is 12.0. The van der Waals surface area contributed by atoms with Gasteiger partial charge in [0.25, 0.3) is 0 Å². The van der Waals surface area contributed by atoms with Crippen LogP contribution < -0.4 is 0 Å². The molecule has 1 nitrogen and oxygen atoms in total. The summed E-state index contributed by atoms with van der Waals surface area (Å²) < 4.78 is 0. The standard InChI is InChI=1S/C14H19ClO/c1-11(2)4-3-5-14(16)10-12-6-8-13(15)9-7-12/h6-9,11H,3-5,10H2,1-2H3. The molecule has 0 N–H and O–H groups in total. The van der Waals surface area contributed by atoms with Gasteiger partial charge in [0, 0.05) is 17.9 Å². The number of hydrogen-bond donors (Lipinski definition) is 0. The van der Waals surface area contributed by atoms with Crippen LogP contribution in [0.5, 0.6) is 0 Å². The average Bonchev–Trinajstić information content (AvgIpc) is 2.21. The lowest BCUT2D eigenvalue weighted by Crippen LogP contribution is -2.03. The van der Waals surface area contributed by atoms with Crippen molar-refractivity contribution in [2.75, 3.05) is 0 Å². The first-order chi connectivity index (χ1) is 7.58. The summed E-state index contributed by atoms with van der Waals surface area (Å²) in [6, 6.07) is 7.50. The Balaban J connectivity index is 2.31. The Kier molecular flexibility index (Phi) is 5.54. The molecule has 0 heterocycles. The second-order valence-electron chi connectivity index (χ2n) is 4.63. The van der Waals surface area contributed by atoms with E-state index in [1.165, 1.54) is 0 Å². The zero-order valence-electron chi connectivity index (χ0n) is 10.0. The molecule has 0 unspecified atom stereocenters. The molecule has 0 aromatic heterocycles. The molecule has 1 aromatic rings. The molecule has 0 spiro atoms. The van der Waals surface area contributed by atoms with Crippen molar-refractivity contribution in [2.45, 2.75) is 39.5 Å². The summed E-state index contributed by atoms with van der Waals surface area (Å²) >= 11 is 5.78. The minimum Gasteiger partial charge on any atom is -0.299 e. The Morgan fingerprint density at radius 3 is 2.44 bits per heavy atom. The quantitative estimate of drug-likeness (QED) is 0.723. The molecule has 0 saturated heterocycles. The lowest BCUT2D eigenvalue weighted by Gasteiger charge is -2.04. The van der Waals surface area contributed by atoms with Gasteiger partial charge in [0.05, 0.1) is 0 Å². The Bertz CT molecular complexity index is 327. The van der Waals surface area contributed by atoms with Crippen LogP contribution in [0, 0.1) is 5.92 Å². The van der Waals surface area contributed by atoms with Crippen LogP contribution in [0.4, 0.5) is 0 Å². The Morgan fingerprint density at radius 2 is 1.88 bits per heavy atom. The third-order valence-corrected chi connectivity index (χ3v) is 2.80. The van der Waals surface area contributed by atoms with Crippen LogP contribution >= 0.6 is 11.6 Å². The largest absolute Gasteiger partial charge is 0.299 e. The molecule has 2 heteroatoms. The topological polar surface area (TPSA) is 17.1 Å². The van der Waals surface area contributed by atoms with Gasteiger partial charge in [-0.15, -0.1) is 0 Å². The van der Waals surface area contributed by atoms with E-state index in [1.807, 2.05) is 24.3 Å². The molecule has 1 rings (SSSR count). The monoisotopic (exact) mass is 238 g/mol. The van der Waals surface area contributed by atoms with Gasteiger partial charge in [-0.1, -0.05) is 44.0 Å². The second kappa shape index (κ2) is 6.70. The molecule has 0 bridgehead atoms. The number of rotatable bonds is 6. The highest BCUT2D eigenvalue weighted by Gasteiger charge is 2.04. The number of carbonyl (C=O) groups excluding carboxylic acids is 1. The maximum atomic E-state index is 11.6. The maximum absolute atomic E-state index is 11.6. The highest BCUT2D eigenvalue weighted by atomic mass is 35.5. The summed E-state index contributed by atoms with van der Waals surface area (Å²) in [6.07, 6.45) is 3.37. The number of carbonyl (C=O) groups is 1. The molecule has 88 valence electrons. The van der Waals surface area contributed by atoms with Crippen molar-refractivity contribution in [3.05, 3.63) is 34.9 Å². The van der Waals surface area contributed by atoms with Gasteiger partial charge in [-0.3, -0.25) is 4.79 Å². The number of halogens is 1. The van der Waals surface area contributed by atoms with Crippen LogP contribution in [-0.2, 0) is 11.2 Å². The molecule has 0 saturated carbocycles.